The van der Waals surface area contributed by atoms with Crippen LogP contribution in [0.15, 0.2) is 42.5 Å². The van der Waals surface area contributed by atoms with E-state index in [0.717, 1.165) is 31.4 Å². The predicted molar refractivity (Wildman–Crippen MR) is 107 cm³/mol. The van der Waals surface area contributed by atoms with Crippen molar-refractivity contribution in [2.24, 2.45) is 5.73 Å². The third kappa shape index (κ3) is 4.73. The zero-order chi connectivity index (χ0) is 19.2. The van der Waals surface area contributed by atoms with Gasteiger partial charge in [0.15, 0.2) is 11.5 Å². The maximum absolute atomic E-state index is 12.9. The lowest BCUT2D eigenvalue weighted by Crippen LogP contribution is -2.47. The molecule has 3 rings (SSSR count). The van der Waals surface area contributed by atoms with Gasteiger partial charge in [0.1, 0.15) is 6.61 Å². The van der Waals surface area contributed by atoms with E-state index in [1.807, 2.05) is 29.2 Å². The maximum atomic E-state index is 12.9. The molecule has 1 unspecified atom stereocenters. The van der Waals surface area contributed by atoms with Crippen LogP contribution in [-0.4, -0.2) is 37.0 Å². The lowest BCUT2D eigenvalue weighted by molar-refractivity contribution is 0.0623. The zero-order valence-electron chi connectivity index (χ0n) is 15.5. The molecule has 2 N–H and O–H groups in total. The molecule has 1 saturated heterocycles. The van der Waals surface area contributed by atoms with Crippen molar-refractivity contribution in [3.63, 3.8) is 0 Å². The molecule has 144 valence electrons. The fourth-order valence-corrected chi connectivity index (χ4v) is 3.47. The standard InChI is InChI=1S/C21H25ClN2O3/c1-26-20-12-16(21(25)24-11-3-2-4-18(24)13-23)7-10-19(20)27-14-15-5-8-17(22)9-6-15/h5-10,12,18H,2-4,11,13-14,23H2,1H3. The molecule has 0 radical (unpaired) electrons. The number of methoxy groups -OCH3 is 1. The van der Waals surface area contributed by atoms with Gasteiger partial charge in [-0.25, -0.2) is 0 Å². The highest BCUT2D eigenvalue weighted by Crippen LogP contribution is 2.30. The Morgan fingerprint density at radius 2 is 1.96 bits per heavy atom. The molecule has 1 atom stereocenters. The monoisotopic (exact) mass is 388 g/mol. The summed E-state index contributed by atoms with van der Waals surface area (Å²) in [5, 5.41) is 0.688. The van der Waals surface area contributed by atoms with Gasteiger partial charge in [0.2, 0.25) is 0 Å². The van der Waals surface area contributed by atoms with E-state index in [1.54, 1.807) is 25.3 Å². The molecule has 1 aliphatic heterocycles. The quantitative estimate of drug-likeness (QED) is 0.815. The van der Waals surface area contributed by atoms with Gasteiger partial charge in [-0.2, -0.15) is 0 Å². The molecular weight excluding hydrogens is 364 g/mol. The van der Waals surface area contributed by atoms with Gasteiger partial charge in [0, 0.05) is 29.7 Å². The summed E-state index contributed by atoms with van der Waals surface area (Å²) in [5.41, 5.74) is 7.44. The van der Waals surface area contributed by atoms with Crippen molar-refractivity contribution >= 4 is 17.5 Å². The first-order valence-corrected chi connectivity index (χ1v) is 9.56. The van der Waals surface area contributed by atoms with Crippen LogP contribution >= 0.6 is 11.6 Å². The third-order valence-electron chi connectivity index (χ3n) is 4.88. The van der Waals surface area contributed by atoms with Gasteiger partial charge in [0.05, 0.1) is 7.11 Å². The molecular formula is C21H25ClN2O3. The molecule has 0 saturated carbocycles. The number of nitrogens with zero attached hydrogens (tertiary/aromatic N) is 1. The van der Waals surface area contributed by atoms with Gasteiger partial charge >= 0.3 is 0 Å². The van der Waals surface area contributed by atoms with Crippen molar-refractivity contribution in [2.45, 2.75) is 31.9 Å². The summed E-state index contributed by atoms with van der Waals surface area (Å²) in [6.45, 7) is 1.63. The van der Waals surface area contributed by atoms with Gasteiger partial charge in [-0.15, -0.1) is 0 Å². The van der Waals surface area contributed by atoms with Crippen LogP contribution in [0.2, 0.25) is 5.02 Å². The number of benzene rings is 2. The summed E-state index contributed by atoms with van der Waals surface area (Å²) in [6.07, 6.45) is 3.09. The number of hydrogen-bond donors (Lipinski definition) is 1. The number of nitrogens with two attached hydrogens (primary N) is 1. The van der Waals surface area contributed by atoms with E-state index in [-0.39, 0.29) is 11.9 Å². The van der Waals surface area contributed by atoms with Crippen LogP contribution in [-0.2, 0) is 6.61 Å². The molecule has 2 aromatic rings. The Kier molecular flexibility index (Phi) is 6.58. The van der Waals surface area contributed by atoms with Crippen molar-refractivity contribution in [3.8, 4) is 11.5 Å². The largest absolute Gasteiger partial charge is 0.493 e. The first-order valence-electron chi connectivity index (χ1n) is 9.18. The number of carbonyl (C=O) groups is 1. The lowest BCUT2D eigenvalue weighted by Gasteiger charge is -2.35. The highest BCUT2D eigenvalue weighted by Gasteiger charge is 2.27. The van der Waals surface area contributed by atoms with Crippen LogP contribution < -0.4 is 15.2 Å². The molecule has 2 aromatic carbocycles. The zero-order valence-corrected chi connectivity index (χ0v) is 16.2. The lowest BCUT2D eigenvalue weighted by atomic mass is 10.0. The van der Waals surface area contributed by atoms with Crippen LogP contribution in [0.3, 0.4) is 0 Å². The second-order valence-electron chi connectivity index (χ2n) is 6.66. The number of amides is 1. The van der Waals surface area contributed by atoms with Gasteiger partial charge in [-0.3, -0.25) is 4.79 Å². The van der Waals surface area contributed by atoms with Crippen molar-refractivity contribution in [3.05, 3.63) is 58.6 Å². The van der Waals surface area contributed by atoms with Crippen LogP contribution in [0.1, 0.15) is 35.2 Å². The summed E-state index contributed by atoms with van der Waals surface area (Å²) >= 11 is 5.90. The molecule has 0 bridgehead atoms. The molecule has 6 heteroatoms. The van der Waals surface area contributed by atoms with Gasteiger partial charge in [0.25, 0.3) is 5.91 Å². The SMILES string of the molecule is COc1cc(C(=O)N2CCCCC2CN)ccc1OCc1ccc(Cl)cc1. The Labute approximate surface area is 165 Å². The number of rotatable bonds is 6. The Morgan fingerprint density at radius 1 is 1.19 bits per heavy atom. The predicted octanol–water partition coefficient (Wildman–Crippen LogP) is 3.88. The summed E-state index contributed by atoms with van der Waals surface area (Å²) in [5.74, 6) is 1.13. The molecule has 5 nitrogen and oxygen atoms in total. The topological polar surface area (TPSA) is 64.8 Å². The van der Waals surface area contributed by atoms with Crippen molar-refractivity contribution < 1.29 is 14.3 Å². The average molecular weight is 389 g/mol. The van der Waals surface area contributed by atoms with Crippen molar-refractivity contribution in [2.75, 3.05) is 20.2 Å². The molecule has 1 fully saturated rings. The minimum atomic E-state index is -0.00676. The van der Waals surface area contributed by atoms with E-state index >= 15 is 0 Å². The van der Waals surface area contributed by atoms with Crippen LogP contribution in [0.4, 0.5) is 0 Å². The molecule has 0 spiro atoms. The van der Waals surface area contributed by atoms with E-state index in [1.165, 1.54) is 0 Å². The second-order valence-corrected chi connectivity index (χ2v) is 7.10. The van der Waals surface area contributed by atoms with E-state index < -0.39 is 0 Å². The normalized spacial score (nSPS) is 16.9. The Balaban J connectivity index is 1.73. The molecule has 0 aliphatic carbocycles. The van der Waals surface area contributed by atoms with Crippen LogP contribution in [0.5, 0.6) is 11.5 Å². The smallest absolute Gasteiger partial charge is 0.254 e. The first-order chi connectivity index (χ1) is 13.1. The number of piperidine rings is 1. The van der Waals surface area contributed by atoms with Gasteiger partial charge in [-0.1, -0.05) is 23.7 Å². The van der Waals surface area contributed by atoms with Crippen LogP contribution in [0.25, 0.3) is 0 Å². The maximum Gasteiger partial charge on any atom is 0.254 e. The van der Waals surface area contributed by atoms with E-state index in [2.05, 4.69) is 0 Å². The summed E-state index contributed by atoms with van der Waals surface area (Å²) in [4.78, 5) is 14.8. The Hall–Kier alpha value is -2.24. The Morgan fingerprint density at radius 3 is 2.67 bits per heavy atom. The molecule has 1 heterocycles. The molecule has 0 aromatic heterocycles. The highest BCUT2D eigenvalue weighted by molar-refractivity contribution is 6.30. The third-order valence-corrected chi connectivity index (χ3v) is 5.13. The number of likely N-dealkylation sites (tertiary alicyclic amines) is 1. The number of carbonyl (C=O) groups excluding carboxylic acids is 1. The van der Waals surface area contributed by atoms with Gasteiger partial charge in [-0.05, 0) is 55.2 Å². The highest BCUT2D eigenvalue weighted by atomic mass is 35.5. The fourth-order valence-electron chi connectivity index (χ4n) is 3.34. The minimum absolute atomic E-state index is 0.00676. The first kappa shape index (κ1) is 19.5. The summed E-state index contributed by atoms with van der Waals surface area (Å²) < 4.78 is 11.3. The fraction of sp³-hybridized carbons (Fsp3) is 0.381. The van der Waals surface area contributed by atoms with Crippen molar-refractivity contribution in [1.82, 2.24) is 4.90 Å². The van der Waals surface area contributed by atoms with E-state index in [4.69, 9.17) is 26.8 Å². The van der Waals surface area contributed by atoms with Crippen molar-refractivity contribution in [1.29, 1.82) is 0 Å². The Bertz CT molecular complexity index is 779. The molecule has 27 heavy (non-hydrogen) atoms. The number of ether oxygens (including phenoxy) is 2. The number of halogens is 1. The molecule has 1 aliphatic rings. The van der Waals surface area contributed by atoms with E-state index in [9.17, 15) is 4.79 Å². The minimum Gasteiger partial charge on any atom is -0.493 e. The number of hydrogen-bond acceptors (Lipinski definition) is 4. The summed E-state index contributed by atoms with van der Waals surface area (Å²) in [7, 11) is 1.57. The van der Waals surface area contributed by atoms with Crippen LogP contribution in [0, 0.1) is 0 Å². The van der Waals surface area contributed by atoms with E-state index in [0.29, 0.717) is 35.2 Å². The average Bonchev–Trinajstić information content (AvgIpc) is 2.72. The van der Waals surface area contributed by atoms with Gasteiger partial charge < -0.3 is 20.1 Å². The second kappa shape index (κ2) is 9.11. The molecule has 1 amide bonds. The summed E-state index contributed by atoms with van der Waals surface area (Å²) in [6, 6.07) is 12.9.